The number of benzene rings is 2. The number of allylic oxidation sites excluding steroid dienone is 2. The van der Waals surface area contributed by atoms with Crippen molar-refractivity contribution >= 4 is 11.9 Å². The van der Waals surface area contributed by atoms with Gasteiger partial charge in [-0.2, -0.15) is 0 Å². The van der Waals surface area contributed by atoms with Gasteiger partial charge in [-0.3, -0.25) is 0 Å². The quantitative estimate of drug-likeness (QED) is 0.595. The number of carbonyl (C=O) groups is 2. The fourth-order valence-corrected chi connectivity index (χ4v) is 3.04. The molecule has 3 rings (SSSR count). The second kappa shape index (κ2) is 8.43. The predicted molar refractivity (Wildman–Crippen MR) is 102 cm³/mol. The van der Waals surface area contributed by atoms with Crippen LogP contribution in [0.25, 0.3) is 0 Å². The number of para-hydroxylation sites is 2. The smallest absolute Gasteiger partial charge is 0.343 e. The normalized spacial score (nSPS) is 16.7. The SMILES string of the molecule is CCC1C(O)=C(C(=O)Oc2ccccc2)CC(O)=C1C(=O)Oc1ccccc1. The van der Waals surface area contributed by atoms with E-state index in [4.69, 9.17) is 9.47 Å². The summed E-state index contributed by atoms with van der Waals surface area (Å²) in [7, 11) is 0. The van der Waals surface area contributed by atoms with Gasteiger partial charge in [-0.25, -0.2) is 9.59 Å². The van der Waals surface area contributed by atoms with Gasteiger partial charge >= 0.3 is 11.9 Å². The Hall–Kier alpha value is -3.54. The molecule has 1 aliphatic carbocycles. The maximum absolute atomic E-state index is 12.6. The van der Waals surface area contributed by atoms with Crippen LogP contribution in [0.4, 0.5) is 0 Å². The third-order valence-electron chi connectivity index (χ3n) is 4.42. The molecule has 0 heterocycles. The number of carbonyl (C=O) groups excluding carboxylic acids is 2. The Balaban J connectivity index is 1.83. The average Bonchev–Trinajstić information content (AvgIpc) is 2.70. The monoisotopic (exact) mass is 380 g/mol. The molecule has 0 amide bonds. The van der Waals surface area contributed by atoms with Crippen LogP contribution in [0.3, 0.4) is 0 Å². The van der Waals surface area contributed by atoms with Gasteiger partial charge in [0.2, 0.25) is 0 Å². The largest absolute Gasteiger partial charge is 0.511 e. The van der Waals surface area contributed by atoms with E-state index in [1.165, 1.54) is 0 Å². The van der Waals surface area contributed by atoms with Crippen molar-refractivity contribution in [2.75, 3.05) is 0 Å². The maximum Gasteiger partial charge on any atom is 0.343 e. The van der Waals surface area contributed by atoms with E-state index in [1.54, 1.807) is 67.6 Å². The summed E-state index contributed by atoms with van der Waals surface area (Å²) < 4.78 is 10.5. The highest BCUT2D eigenvalue weighted by atomic mass is 16.5. The molecule has 6 nitrogen and oxygen atoms in total. The lowest BCUT2D eigenvalue weighted by molar-refractivity contribution is -0.132. The van der Waals surface area contributed by atoms with E-state index in [-0.39, 0.29) is 35.5 Å². The third-order valence-corrected chi connectivity index (χ3v) is 4.42. The first-order valence-corrected chi connectivity index (χ1v) is 8.89. The molecular weight excluding hydrogens is 360 g/mol. The molecule has 2 aromatic rings. The summed E-state index contributed by atoms with van der Waals surface area (Å²) in [6, 6.07) is 16.8. The molecule has 1 unspecified atom stereocenters. The topological polar surface area (TPSA) is 93.1 Å². The van der Waals surface area contributed by atoms with Crippen LogP contribution in [-0.4, -0.2) is 22.2 Å². The number of ether oxygens (including phenoxy) is 2. The Labute approximate surface area is 162 Å². The average molecular weight is 380 g/mol. The van der Waals surface area contributed by atoms with Crippen molar-refractivity contribution in [2.24, 2.45) is 5.92 Å². The standard InChI is InChI=1S/C22H20O6/c1-2-16-19(22(26)28-15-11-7-4-8-12-15)18(23)13-17(20(16)24)21(25)27-14-9-5-3-6-10-14/h3-12,16,23-24H,2,13H2,1H3. The summed E-state index contributed by atoms with van der Waals surface area (Å²) in [5.74, 6) is -2.36. The van der Waals surface area contributed by atoms with Crippen molar-refractivity contribution in [3.8, 4) is 11.5 Å². The van der Waals surface area contributed by atoms with Crippen LogP contribution in [0.5, 0.6) is 11.5 Å². The van der Waals surface area contributed by atoms with Gasteiger partial charge in [-0.1, -0.05) is 43.3 Å². The number of aliphatic hydroxyl groups excluding tert-OH is 2. The molecule has 6 heteroatoms. The van der Waals surface area contributed by atoms with Crippen LogP contribution in [0.15, 0.2) is 83.3 Å². The highest BCUT2D eigenvalue weighted by Crippen LogP contribution is 2.36. The molecule has 1 atom stereocenters. The first-order chi connectivity index (χ1) is 13.5. The van der Waals surface area contributed by atoms with Crippen molar-refractivity contribution in [1.82, 2.24) is 0 Å². The summed E-state index contributed by atoms with van der Waals surface area (Å²) in [6.45, 7) is 1.73. The van der Waals surface area contributed by atoms with Crippen LogP contribution in [0, 0.1) is 5.92 Å². The Morgan fingerprint density at radius 1 is 0.893 bits per heavy atom. The van der Waals surface area contributed by atoms with Crippen molar-refractivity contribution in [1.29, 1.82) is 0 Å². The summed E-state index contributed by atoms with van der Waals surface area (Å²) in [5.41, 5.74) is -0.135. The summed E-state index contributed by atoms with van der Waals surface area (Å²) in [6.07, 6.45) is -0.0234. The molecule has 0 fully saturated rings. The number of hydrogen-bond acceptors (Lipinski definition) is 6. The molecule has 0 saturated carbocycles. The van der Waals surface area contributed by atoms with Gasteiger partial charge in [0, 0.05) is 6.42 Å². The molecule has 144 valence electrons. The highest BCUT2D eigenvalue weighted by Gasteiger charge is 2.37. The molecule has 0 aliphatic heterocycles. The van der Waals surface area contributed by atoms with E-state index in [0.29, 0.717) is 11.5 Å². The first kappa shape index (κ1) is 19.2. The van der Waals surface area contributed by atoms with Crippen molar-refractivity contribution in [2.45, 2.75) is 19.8 Å². The van der Waals surface area contributed by atoms with Crippen LogP contribution in [0.1, 0.15) is 19.8 Å². The molecule has 0 radical (unpaired) electrons. The van der Waals surface area contributed by atoms with Gasteiger partial charge in [0.05, 0.1) is 17.1 Å². The Bertz CT molecular complexity index is 928. The first-order valence-electron chi connectivity index (χ1n) is 8.89. The summed E-state index contributed by atoms with van der Waals surface area (Å²) in [4.78, 5) is 25.0. The fourth-order valence-electron chi connectivity index (χ4n) is 3.04. The second-order valence-electron chi connectivity index (χ2n) is 6.27. The Kier molecular flexibility index (Phi) is 5.79. The summed E-state index contributed by atoms with van der Waals surface area (Å²) >= 11 is 0. The molecule has 0 aromatic heterocycles. The van der Waals surface area contributed by atoms with E-state index >= 15 is 0 Å². The number of esters is 2. The Morgan fingerprint density at radius 2 is 1.39 bits per heavy atom. The van der Waals surface area contributed by atoms with Crippen LogP contribution in [0.2, 0.25) is 0 Å². The van der Waals surface area contributed by atoms with Gasteiger partial charge in [0.15, 0.2) is 0 Å². The number of hydrogen-bond donors (Lipinski definition) is 2. The van der Waals surface area contributed by atoms with E-state index in [2.05, 4.69) is 0 Å². The van der Waals surface area contributed by atoms with Crippen LogP contribution >= 0.6 is 0 Å². The number of aliphatic hydroxyl groups is 2. The minimum absolute atomic E-state index is 0.0554. The zero-order chi connectivity index (χ0) is 20.1. The zero-order valence-electron chi connectivity index (χ0n) is 15.3. The number of rotatable bonds is 5. The Morgan fingerprint density at radius 3 is 1.89 bits per heavy atom. The predicted octanol–water partition coefficient (Wildman–Crippen LogP) is 4.25. The lowest BCUT2D eigenvalue weighted by atomic mass is 9.84. The lowest BCUT2D eigenvalue weighted by Crippen LogP contribution is -2.28. The van der Waals surface area contributed by atoms with Gasteiger partial charge in [-0.15, -0.1) is 0 Å². The van der Waals surface area contributed by atoms with Crippen LogP contribution < -0.4 is 9.47 Å². The highest BCUT2D eigenvalue weighted by molar-refractivity contribution is 5.96. The van der Waals surface area contributed by atoms with Crippen molar-refractivity contribution < 1.29 is 29.3 Å². The second-order valence-corrected chi connectivity index (χ2v) is 6.27. The molecule has 0 bridgehead atoms. The van der Waals surface area contributed by atoms with E-state index in [9.17, 15) is 19.8 Å². The minimum atomic E-state index is -0.858. The van der Waals surface area contributed by atoms with Crippen LogP contribution in [-0.2, 0) is 9.59 Å². The van der Waals surface area contributed by atoms with E-state index in [1.807, 2.05) is 0 Å². The molecular formula is C22H20O6. The van der Waals surface area contributed by atoms with Crippen molar-refractivity contribution in [3.05, 3.63) is 83.3 Å². The molecule has 28 heavy (non-hydrogen) atoms. The van der Waals surface area contributed by atoms with Crippen molar-refractivity contribution in [3.63, 3.8) is 0 Å². The zero-order valence-corrected chi connectivity index (χ0v) is 15.3. The van der Waals surface area contributed by atoms with E-state index in [0.717, 1.165) is 0 Å². The summed E-state index contributed by atoms with van der Waals surface area (Å²) in [5, 5.41) is 21.1. The van der Waals surface area contributed by atoms with Gasteiger partial charge < -0.3 is 19.7 Å². The molecule has 2 N–H and O–H groups in total. The lowest BCUT2D eigenvalue weighted by Gasteiger charge is -2.25. The van der Waals surface area contributed by atoms with Gasteiger partial charge in [-0.05, 0) is 30.7 Å². The van der Waals surface area contributed by atoms with Gasteiger partial charge in [0.1, 0.15) is 23.0 Å². The fraction of sp³-hybridized carbons (Fsp3) is 0.182. The molecule has 1 aliphatic rings. The molecule has 0 saturated heterocycles. The minimum Gasteiger partial charge on any atom is -0.511 e. The molecule has 2 aromatic carbocycles. The van der Waals surface area contributed by atoms with E-state index < -0.39 is 17.9 Å². The van der Waals surface area contributed by atoms with Gasteiger partial charge in [0.25, 0.3) is 0 Å². The molecule has 0 spiro atoms. The maximum atomic E-state index is 12.6. The third kappa shape index (κ3) is 4.06.